The largest absolute Gasteiger partial charge is 0.479 e. The fraction of sp³-hybridized carbons (Fsp3) is 0.350. The normalized spacial score (nSPS) is 18.5. The number of piperidine rings is 1. The van der Waals surface area contributed by atoms with E-state index in [0.29, 0.717) is 29.4 Å². The Balaban J connectivity index is 1.69. The summed E-state index contributed by atoms with van der Waals surface area (Å²) < 4.78 is 5.30. The number of terminal acetylenes is 1. The number of imide groups is 1. The number of amides is 3. The number of thioether (sulfide) groups is 1. The van der Waals surface area contributed by atoms with E-state index in [1.807, 2.05) is 0 Å². The lowest BCUT2D eigenvalue weighted by atomic mass is 10.1. The second-order valence-electron chi connectivity index (χ2n) is 6.39. The van der Waals surface area contributed by atoms with Crippen molar-refractivity contribution in [2.45, 2.75) is 19.3 Å². The molecule has 2 aliphatic rings. The van der Waals surface area contributed by atoms with Crippen molar-refractivity contribution in [1.29, 1.82) is 0 Å². The van der Waals surface area contributed by atoms with E-state index in [0.717, 1.165) is 35.9 Å². The van der Waals surface area contributed by atoms with E-state index in [2.05, 4.69) is 5.92 Å². The van der Waals surface area contributed by atoms with Gasteiger partial charge >= 0.3 is 0 Å². The van der Waals surface area contributed by atoms with Crippen LogP contribution in [-0.4, -0.2) is 53.1 Å². The summed E-state index contributed by atoms with van der Waals surface area (Å²) in [4.78, 5) is 40.2. The molecule has 3 amide bonds. The fourth-order valence-electron chi connectivity index (χ4n) is 3.01. The molecule has 2 fully saturated rings. The zero-order valence-corrected chi connectivity index (χ0v) is 16.7. The van der Waals surface area contributed by atoms with Crippen LogP contribution in [0.1, 0.15) is 24.8 Å². The summed E-state index contributed by atoms with van der Waals surface area (Å²) in [7, 11) is 0. The maximum Gasteiger partial charge on any atom is 0.294 e. The number of rotatable bonds is 5. The van der Waals surface area contributed by atoms with Crippen LogP contribution < -0.4 is 4.74 Å². The molecular formula is C20H19ClN2O4S. The molecule has 0 aliphatic carbocycles. The van der Waals surface area contributed by atoms with E-state index >= 15 is 0 Å². The van der Waals surface area contributed by atoms with Crippen LogP contribution in [-0.2, 0) is 9.59 Å². The first kappa shape index (κ1) is 20.3. The Kier molecular flexibility index (Phi) is 6.65. The standard InChI is InChI=1S/C20H19ClN2O4S/c1-2-10-27-16-7-6-14(11-15(16)21)12-17-19(25)23(20(26)28-17)13-18(24)22-8-4-3-5-9-22/h1,6-7,11-12H,3-5,8-10,13H2/b17-12-. The predicted molar refractivity (Wildman–Crippen MR) is 109 cm³/mol. The molecule has 0 spiro atoms. The summed E-state index contributed by atoms with van der Waals surface area (Å²) >= 11 is 6.97. The zero-order chi connectivity index (χ0) is 20.1. The summed E-state index contributed by atoms with van der Waals surface area (Å²) in [5.74, 6) is 2.14. The monoisotopic (exact) mass is 418 g/mol. The number of carbonyl (C=O) groups excluding carboxylic acids is 3. The SMILES string of the molecule is C#CCOc1ccc(/C=C2\SC(=O)N(CC(=O)N3CCCCC3)C2=O)cc1Cl. The average Bonchev–Trinajstić information content (AvgIpc) is 2.95. The summed E-state index contributed by atoms with van der Waals surface area (Å²) in [6, 6.07) is 4.99. The Morgan fingerprint density at radius 3 is 2.71 bits per heavy atom. The van der Waals surface area contributed by atoms with Gasteiger partial charge in [-0.3, -0.25) is 19.3 Å². The number of likely N-dealkylation sites (tertiary alicyclic amines) is 1. The van der Waals surface area contributed by atoms with Gasteiger partial charge in [-0.2, -0.15) is 0 Å². The molecule has 0 bridgehead atoms. The summed E-state index contributed by atoms with van der Waals surface area (Å²) in [6.07, 6.45) is 9.74. The number of benzene rings is 1. The van der Waals surface area contributed by atoms with E-state index in [-0.39, 0.29) is 24.0 Å². The first-order valence-corrected chi connectivity index (χ1v) is 10.1. The van der Waals surface area contributed by atoms with Crippen LogP contribution in [0.2, 0.25) is 5.02 Å². The lowest BCUT2D eigenvalue weighted by Crippen LogP contribution is -2.44. The molecule has 0 saturated carbocycles. The van der Waals surface area contributed by atoms with Crippen molar-refractivity contribution in [3.63, 3.8) is 0 Å². The van der Waals surface area contributed by atoms with Crippen LogP contribution in [0.15, 0.2) is 23.1 Å². The van der Waals surface area contributed by atoms with Gasteiger partial charge in [-0.05, 0) is 54.8 Å². The maximum atomic E-state index is 12.6. The Hall–Kier alpha value is -2.43. The first-order valence-electron chi connectivity index (χ1n) is 8.88. The zero-order valence-electron chi connectivity index (χ0n) is 15.2. The molecule has 28 heavy (non-hydrogen) atoms. The van der Waals surface area contributed by atoms with Crippen LogP contribution in [0.3, 0.4) is 0 Å². The number of hydrogen-bond donors (Lipinski definition) is 0. The Morgan fingerprint density at radius 1 is 1.29 bits per heavy atom. The van der Waals surface area contributed by atoms with Gasteiger partial charge in [-0.15, -0.1) is 6.42 Å². The third-order valence-electron chi connectivity index (χ3n) is 4.44. The van der Waals surface area contributed by atoms with Crippen molar-refractivity contribution in [3.05, 3.63) is 33.7 Å². The van der Waals surface area contributed by atoms with Gasteiger partial charge in [0.25, 0.3) is 11.1 Å². The lowest BCUT2D eigenvalue weighted by Gasteiger charge is -2.27. The molecule has 0 N–H and O–H groups in total. The molecule has 2 saturated heterocycles. The predicted octanol–water partition coefficient (Wildman–Crippen LogP) is 3.40. The van der Waals surface area contributed by atoms with Crippen molar-refractivity contribution in [1.82, 2.24) is 9.80 Å². The third-order valence-corrected chi connectivity index (χ3v) is 5.64. The molecule has 2 aliphatic heterocycles. The van der Waals surface area contributed by atoms with Gasteiger partial charge in [0.2, 0.25) is 5.91 Å². The molecular weight excluding hydrogens is 400 g/mol. The van der Waals surface area contributed by atoms with Crippen molar-refractivity contribution >= 4 is 46.5 Å². The van der Waals surface area contributed by atoms with E-state index in [1.165, 1.54) is 0 Å². The first-order chi connectivity index (χ1) is 13.5. The van der Waals surface area contributed by atoms with Gasteiger partial charge in [0.15, 0.2) is 0 Å². The summed E-state index contributed by atoms with van der Waals surface area (Å²) in [5, 5.41) is -0.0924. The lowest BCUT2D eigenvalue weighted by molar-refractivity contribution is -0.136. The van der Waals surface area contributed by atoms with Crippen LogP contribution in [0, 0.1) is 12.3 Å². The van der Waals surface area contributed by atoms with Crippen molar-refractivity contribution in [3.8, 4) is 18.1 Å². The molecule has 1 aromatic carbocycles. The van der Waals surface area contributed by atoms with Crippen LogP contribution in [0.5, 0.6) is 5.75 Å². The molecule has 0 unspecified atom stereocenters. The van der Waals surface area contributed by atoms with Crippen molar-refractivity contribution in [2.75, 3.05) is 26.2 Å². The van der Waals surface area contributed by atoms with E-state index in [1.54, 1.807) is 29.2 Å². The van der Waals surface area contributed by atoms with Gasteiger partial charge in [0, 0.05) is 13.1 Å². The Labute approximate surface area is 172 Å². The highest BCUT2D eigenvalue weighted by atomic mass is 35.5. The average molecular weight is 419 g/mol. The minimum atomic E-state index is -0.468. The molecule has 146 valence electrons. The Morgan fingerprint density at radius 2 is 2.04 bits per heavy atom. The number of carbonyl (C=O) groups is 3. The van der Waals surface area contributed by atoms with Gasteiger partial charge in [0.1, 0.15) is 18.9 Å². The topological polar surface area (TPSA) is 66.9 Å². The van der Waals surface area contributed by atoms with Crippen molar-refractivity contribution in [2.24, 2.45) is 0 Å². The summed E-state index contributed by atoms with van der Waals surface area (Å²) in [6.45, 7) is 1.24. The van der Waals surface area contributed by atoms with Gasteiger partial charge in [0.05, 0.1) is 9.93 Å². The van der Waals surface area contributed by atoms with Crippen molar-refractivity contribution < 1.29 is 19.1 Å². The number of hydrogen-bond acceptors (Lipinski definition) is 5. The highest BCUT2D eigenvalue weighted by Crippen LogP contribution is 2.33. The third kappa shape index (κ3) is 4.70. The van der Waals surface area contributed by atoms with Gasteiger partial charge < -0.3 is 9.64 Å². The molecule has 2 heterocycles. The second kappa shape index (κ2) is 9.18. The van der Waals surface area contributed by atoms with E-state index < -0.39 is 11.1 Å². The molecule has 1 aromatic rings. The highest BCUT2D eigenvalue weighted by Gasteiger charge is 2.37. The molecule has 3 rings (SSSR count). The smallest absolute Gasteiger partial charge is 0.294 e. The van der Waals surface area contributed by atoms with Gasteiger partial charge in [-0.25, -0.2) is 0 Å². The molecule has 0 radical (unpaired) electrons. The fourth-order valence-corrected chi connectivity index (χ4v) is 4.09. The van der Waals surface area contributed by atoms with Crippen LogP contribution >= 0.6 is 23.4 Å². The molecule has 8 heteroatoms. The summed E-state index contributed by atoms with van der Waals surface area (Å²) in [5.41, 5.74) is 0.644. The molecule has 0 aromatic heterocycles. The number of halogens is 1. The molecule has 6 nitrogen and oxygen atoms in total. The number of ether oxygens (including phenoxy) is 1. The minimum absolute atomic E-state index is 0.100. The van der Waals surface area contributed by atoms with E-state index in [4.69, 9.17) is 22.8 Å². The van der Waals surface area contributed by atoms with Crippen LogP contribution in [0.4, 0.5) is 4.79 Å². The molecule has 0 atom stereocenters. The Bertz CT molecular complexity index is 871. The second-order valence-corrected chi connectivity index (χ2v) is 7.79. The van der Waals surface area contributed by atoms with E-state index in [9.17, 15) is 14.4 Å². The quantitative estimate of drug-likeness (QED) is 0.541. The minimum Gasteiger partial charge on any atom is -0.479 e. The maximum absolute atomic E-state index is 12.6. The highest BCUT2D eigenvalue weighted by molar-refractivity contribution is 8.18. The van der Waals surface area contributed by atoms with Crippen LogP contribution in [0.25, 0.3) is 6.08 Å². The van der Waals surface area contributed by atoms with Gasteiger partial charge in [-0.1, -0.05) is 23.6 Å². The number of nitrogens with zero attached hydrogens (tertiary/aromatic N) is 2.